The van der Waals surface area contributed by atoms with Gasteiger partial charge in [-0.2, -0.15) is 0 Å². The highest BCUT2D eigenvalue weighted by molar-refractivity contribution is 5.95. The summed E-state index contributed by atoms with van der Waals surface area (Å²) in [6.07, 6.45) is 2.99. The molecule has 0 aliphatic heterocycles. The second-order valence-electron chi connectivity index (χ2n) is 8.39. The molecule has 2 amide bonds. The first kappa shape index (κ1) is 21.8. The van der Waals surface area contributed by atoms with E-state index in [0.717, 1.165) is 36.2 Å². The smallest absolute Gasteiger partial charge is 0.254 e. The molecule has 1 aliphatic carbocycles. The molecule has 2 aromatic carbocycles. The van der Waals surface area contributed by atoms with Crippen molar-refractivity contribution >= 4 is 23.2 Å². The summed E-state index contributed by atoms with van der Waals surface area (Å²) < 4.78 is 13.6. The van der Waals surface area contributed by atoms with Crippen molar-refractivity contribution < 1.29 is 14.0 Å². The number of hydrogen-bond donors (Lipinski definition) is 1. The van der Waals surface area contributed by atoms with E-state index in [1.807, 2.05) is 51.0 Å². The Morgan fingerprint density at radius 3 is 2.43 bits per heavy atom. The monoisotopic (exact) mass is 411 g/mol. The number of nitrogens with one attached hydrogen (secondary N) is 1. The van der Waals surface area contributed by atoms with Crippen molar-refractivity contribution in [3.05, 3.63) is 59.4 Å². The van der Waals surface area contributed by atoms with Crippen LogP contribution in [0.2, 0.25) is 0 Å². The van der Waals surface area contributed by atoms with E-state index in [-0.39, 0.29) is 23.8 Å². The van der Waals surface area contributed by atoms with E-state index in [0.29, 0.717) is 12.1 Å². The fourth-order valence-corrected chi connectivity index (χ4v) is 3.60. The second kappa shape index (κ2) is 9.28. The van der Waals surface area contributed by atoms with Crippen LogP contribution in [0.15, 0.2) is 42.5 Å². The quantitative estimate of drug-likeness (QED) is 0.720. The van der Waals surface area contributed by atoms with Gasteiger partial charge in [0.2, 0.25) is 5.91 Å². The minimum Gasteiger partial charge on any atom is -0.377 e. The fourth-order valence-electron chi connectivity index (χ4n) is 3.60. The molecule has 160 valence electrons. The minimum absolute atomic E-state index is 0.0568. The number of halogens is 1. The standard InChI is InChI=1S/C24H30FN3O2/c1-16(2)28(24(30)18-9-6-10-20(25)13-18)15-19-14-21(11-12-22(19)27(3)4)26-23(29)17-7-5-8-17/h6,9-14,16-17H,5,7-8,15H2,1-4H3,(H,26,29). The van der Waals surface area contributed by atoms with E-state index in [1.165, 1.54) is 12.1 Å². The van der Waals surface area contributed by atoms with Crippen LogP contribution in [0, 0.1) is 11.7 Å². The molecule has 0 spiro atoms. The van der Waals surface area contributed by atoms with Gasteiger partial charge < -0.3 is 15.1 Å². The average molecular weight is 412 g/mol. The van der Waals surface area contributed by atoms with Crippen molar-refractivity contribution in [2.24, 2.45) is 5.92 Å². The van der Waals surface area contributed by atoms with Crippen molar-refractivity contribution in [3.63, 3.8) is 0 Å². The predicted octanol–water partition coefficient (Wildman–Crippen LogP) is 4.68. The number of carbonyl (C=O) groups excluding carboxylic acids is 2. The van der Waals surface area contributed by atoms with Gasteiger partial charge in [-0.1, -0.05) is 12.5 Å². The summed E-state index contributed by atoms with van der Waals surface area (Å²) in [6, 6.07) is 11.5. The van der Waals surface area contributed by atoms with E-state index in [4.69, 9.17) is 0 Å². The Balaban J connectivity index is 1.87. The lowest BCUT2D eigenvalue weighted by Crippen LogP contribution is -2.37. The first-order valence-electron chi connectivity index (χ1n) is 10.4. The number of carbonyl (C=O) groups is 2. The molecule has 0 aromatic heterocycles. The maximum Gasteiger partial charge on any atom is 0.254 e. The fraction of sp³-hybridized carbons (Fsp3) is 0.417. The van der Waals surface area contributed by atoms with Crippen LogP contribution in [-0.2, 0) is 11.3 Å². The highest BCUT2D eigenvalue weighted by Gasteiger charge is 2.26. The largest absolute Gasteiger partial charge is 0.377 e. The van der Waals surface area contributed by atoms with Gasteiger partial charge in [0.15, 0.2) is 0 Å². The van der Waals surface area contributed by atoms with Gasteiger partial charge >= 0.3 is 0 Å². The zero-order valence-electron chi connectivity index (χ0n) is 18.1. The Morgan fingerprint density at radius 1 is 1.13 bits per heavy atom. The Kier molecular flexibility index (Phi) is 6.75. The lowest BCUT2D eigenvalue weighted by molar-refractivity contribution is -0.122. The van der Waals surface area contributed by atoms with E-state index in [9.17, 15) is 14.0 Å². The summed E-state index contributed by atoms with van der Waals surface area (Å²) in [5.74, 6) is -0.498. The summed E-state index contributed by atoms with van der Waals surface area (Å²) >= 11 is 0. The molecule has 1 aliphatic rings. The van der Waals surface area contributed by atoms with Crippen LogP contribution in [-0.4, -0.2) is 36.9 Å². The molecule has 0 bridgehead atoms. The third kappa shape index (κ3) is 4.99. The molecule has 0 saturated heterocycles. The number of nitrogens with zero attached hydrogens (tertiary/aromatic N) is 2. The second-order valence-corrected chi connectivity index (χ2v) is 8.39. The van der Waals surface area contributed by atoms with E-state index >= 15 is 0 Å². The maximum absolute atomic E-state index is 13.6. The minimum atomic E-state index is -0.431. The van der Waals surface area contributed by atoms with Gasteiger partial charge in [-0.15, -0.1) is 0 Å². The molecule has 2 aromatic rings. The summed E-state index contributed by atoms with van der Waals surface area (Å²) in [6.45, 7) is 4.23. The van der Waals surface area contributed by atoms with Gasteiger partial charge in [0, 0.05) is 49.5 Å². The molecular weight excluding hydrogens is 381 g/mol. The molecule has 0 unspecified atom stereocenters. The maximum atomic E-state index is 13.6. The summed E-state index contributed by atoms with van der Waals surface area (Å²) in [7, 11) is 3.89. The third-order valence-corrected chi connectivity index (χ3v) is 5.60. The van der Waals surface area contributed by atoms with Crippen molar-refractivity contribution in [1.82, 2.24) is 4.90 Å². The highest BCUT2D eigenvalue weighted by Crippen LogP contribution is 2.30. The molecule has 30 heavy (non-hydrogen) atoms. The highest BCUT2D eigenvalue weighted by atomic mass is 19.1. The van der Waals surface area contributed by atoms with Crippen LogP contribution in [0.25, 0.3) is 0 Å². The molecule has 3 rings (SSSR count). The van der Waals surface area contributed by atoms with Gasteiger partial charge in [0.05, 0.1) is 0 Å². The zero-order valence-corrected chi connectivity index (χ0v) is 18.1. The van der Waals surface area contributed by atoms with Gasteiger partial charge in [-0.05, 0) is 68.7 Å². The van der Waals surface area contributed by atoms with Gasteiger partial charge in [0.25, 0.3) is 5.91 Å². The SMILES string of the molecule is CC(C)N(Cc1cc(NC(=O)C2CCC2)ccc1N(C)C)C(=O)c1cccc(F)c1. The van der Waals surface area contributed by atoms with Gasteiger partial charge in [-0.3, -0.25) is 9.59 Å². The predicted molar refractivity (Wildman–Crippen MR) is 118 cm³/mol. The molecule has 5 nitrogen and oxygen atoms in total. The molecule has 0 heterocycles. The molecular formula is C24H30FN3O2. The number of benzene rings is 2. The van der Waals surface area contributed by atoms with Gasteiger partial charge in [-0.25, -0.2) is 4.39 Å². The normalized spacial score (nSPS) is 13.7. The number of amides is 2. The topological polar surface area (TPSA) is 52.7 Å². The van der Waals surface area contributed by atoms with Crippen LogP contribution in [0.4, 0.5) is 15.8 Å². The lowest BCUT2D eigenvalue weighted by atomic mass is 9.85. The first-order valence-corrected chi connectivity index (χ1v) is 10.4. The summed E-state index contributed by atoms with van der Waals surface area (Å²) in [4.78, 5) is 29.2. The third-order valence-electron chi connectivity index (χ3n) is 5.60. The van der Waals surface area contributed by atoms with Crippen molar-refractivity contribution in [3.8, 4) is 0 Å². The molecule has 0 radical (unpaired) electrons. The van der Waals surface area contributed by atoms with Crippen molar-refractivity contribution in [1.29, 1.82) is 0 Å². The Bertz CT molecular complexity index is 922. The lowest BCUT2D eigenvalue weighted by Gasteiger charge is -2.30. The number of rotatable bonds is 7. The van der Waals surface area contributed by atoms with Crippen LogP contribution < -0.4 is 10.2 Å². The first-order chi connectivity index (χ1) is 14.3. The molecule has 0 atom stereocenters. The Labute approximate surface area is 177 Å². The zero-order chi connectivity index (χ0) is 21.8. The van der Waals surface area contributed by atoms with Crippen molar-refractivity contribution in [2.75, 3.05) is 24.3 Å². The summed E-state index contributed by atoms with van der Waals surface area (Å²) in [5, 5.41) is 3.01. The van der Waals surface area contributed by atoms with Crippen molar-refractivity contribution in [2.45, 2.75) is 45.7 Å². The average Bonchev–Trinajstić information content (AvgIpc) is 2.63. The van der Waals surface area contributed by atoms with E-state index < -0.39 is 5.82 Å². The summed E-state index contributed by atoms with van der Waals surface area (Å²) in [5.41, 5.74) is 2.94. The van der Waals surface area contributed by atoms with Gasteiger partial charge in [0.1, 0.15) is 5.82 Å². The van der Waals surface area contributed by atoms with Crippen LogP contribution in [0.3, 0.4) is 0 Å². The number of hydrogen-bond acceptors (Lipinski definition) is 3. The molecule has 6 heteroatoms. The number of anilines is 2. The molecule has 1 N–H and O–H groups in total. The Hall–Kier alpha value is -2.89. The molecule has 1 saturated carbocycles. The Morgan fingerprint density at radius 2 is 1.87 bits per heavy atom. The van der Waals surface area contributed by atoms with Crippen LogP contribution >= 0.6 is 0 Å². The van der Waals surface area contributed by atoms with Crippen LogP contribution in [0.5, 0.6) is 0 Å². The van der Waals surface area contributed by atoms with E-state index in [2.05, 4.69) is 5.32 Å². The molecule has 1 fully saturated rings. The van der Waals surface area contributed by atoms with E-state index in [1.54, 1.807) is 17.0 Å². The van der Waals surface area contributed by atoms with Crippen LogP contribution in [0.1, 0.15) is 49.0 Å².